The van der Waals surface area contributed by atoms with Gasteiger partial charge in [-0.05, 0) is 17.8 Å². The fourth-order valence-corrected chi connectivity index (χ4v) is 2.78. The first-order valence-corrected chi connectivity index (χ1v) is 5.49. The first kappa shape index (κ1) is 8.55. The SMILES string of the molecule is CC1(CC2CCCCC2)CNC1. The van der Waals surface area contributed by atoms with Gasteiger partial charge in [0.1, 0.15) is 0 Å². The van der Waals surface area contributed by atoms with E-state index in [9.17, 15) is 0 Å². The van der Waals surface area contributed by atoms with Crippen molar-refractivity contribution < 1.29 is 0 Å². The Morgan fingerprint density at radius 3 is 2.33 bits per heavy atom. The van der Waals surface area contributed by atoms with E-state index in [4.69, 9.17) is 0 Å². The molecule has 0 atom stereocenters. The Hall–Kier alpha value is -0.0400. The molecule has 1 aliphatic heterocycles. The Balaban J connectivity index is 1.77. The van der Waals surface area contributed by atoms with Gasteiger partial charge in [-0.2, -0.15) is 0 Å². The maximum Gasteiger partial charge on any atom is 0.00177 e. The van der Waals surface area contributed by atoms with E-state index >= 15 is 0 Å². The van der Waals surface area contributed by atoms with Crippen LogP contribution >= 0.6 is 0 Å². The summed E-state index contributed by atoms with van der Waals surface area (Å²) in [7, 11) is 0. The molecular weight excluding hydrogens is 146 g/mol. The summed E-state index contributed by atoms with van der Waals surface area (Å²) in [6, 6.07) is 0. The first-order valence-electron chi connectivity index (χ1n) is 5.49. The highest BCUT2D eigenvalue weighted by Crippen LogP contribution is 2.36. The molecule has 12 heavy (non-hydrogen) atoms. The van der Waals surface area contributed by atoms with Crippen molar-refractivity contribution in [3.63, 3.8) is 0 Å². The van der Waals surface area contributed by atoms with E-state index in [0.29, 0.717) is 5.41 Å². The topological polar surface area (TPSA) is 12.0 Å². The molecular formula is C11H21N. The van der Waals surface area contributed by atoms with Crippen molar-refractivity contribution in [3.8, 4) is 0 Å². The molecule has 0 aromatic carbocycles. The van der Waals surface area contributed by atoms with Gasteiger partial charge in [0.15, 0.2) is 0 Å². The molecule has 2 fully saturated rings. The highest BCUT2D eigenvalue weighted by molar-refractivity contribution is 4.90. The van der Waals surface area contributed by atoms with Crippen LogP contribution in [0.5, 0.6) is 0 Å². The maximum atomic E-state index is 3.39. The van der Waals surface area contributed by atoms with Gasteiger partial charge in [-0.3, -0.25) is 0 Å². The van der Waals surface area contributed by atoms with Gasteiger partial charge in [0.25, 0.3) is 0 Å². The van der Waals surface area contributed by atoms with Crippen LogP contribution in [0.2, 0.25) is 0 Å². The summed E-state index contributed by atoms with van der Waals surface area (Å²) in [5.41, 5.74) is 0.669. The lowest BCUT2D eigenvalue weighted by molar-refractivity contribution is 0.130. The van der Waals surface area contributed by atoms with Crippen LogP contribution in [0.3, 0.4) is 0 Å². The Morgan fingerprint density at radius 1 is 1.17 bits per heavy atom. The molecule has 0 unspecified atom stereocenters. The van der Waals surface area contributed by atoms with Crippen LogP contribution < -0.4 is 5.32 Å². The summed E-state index contributed by atoms with van der Waals surface area (Å²) >= 11 is 0. The van der Waals surface area contributed by atoms with Crippen LogP contribution in [0.1, 0.15) is 45.4 Å². The molecule has 2 rings (SSSR count). The van der Waals surface area contributed by atoms with Crippen molar-refractivity contribution in [2.24, 2.45) is 11.3 Å². The third kappa shape index (κ3) is 1.82. The van der Waals surface area contributed by atoms with Crippen LogP contribution in [0, 0.1) is 11.3 Å². The molecule has 0 bridgehead atoms. The molecule has 1 heteroatoms. The molecule has 2 aliphatic rings. The van der Waals surface area contributed by atoms with Crippen LogP contribution in [0.25, 0.3) is 0 Å². The monoisotopic (exact) mass is 167 g/mol. The predicted octanol–water partition coefficient (Wildman–Crippen LogP) is 2.57. The van der Waals surface area contributed by atoms with E-state index in [2.05, 4.69) is 12.2 Å². The van der Waals surface area contributed by atoms with Crippen LogP contribution in [0.15, 0.2) is 0 Å². The second kappa shape index (κ2) is 3.37. The zero-order valence-electron chi connectivity index (χ0n) is 8.23. The Kier molecular flexibility index (Phi) is 2.40. The smallest absolute Gasteiger partial charge is 0.00177 e. The average molecular weight is 167 g/mol. The lowest BCUT2D eigenvalue weighted by Crippen LogP contribution is -2.52. The molecule has 1 aliphatic carbocycles. The Labute approximate surface area is 75.9 Å². The number of rotatable bonds is 2. The summed E-state index contributed by atoms with van der Waals surface area (Å²) in [5.74, 6) is 1.06. The third-order valence-electron chi connectivity index (χ3n) is 3.61. The first-order chi connectivity index (χ1) is 5.79. The van der Waals surface area contributed by atoms with Gasteiger partial charge in [0, 0.05) is 13.1 Å². The molecule has 0 aromatic rings. The van der Waals surface area contributed by atoms with Gasteiger partial charge in [-0.1, -0.05) is 39.0 Å². The minimum Gasteiger partial charge on any atom is -0.316 e. The molecule has 0 amide bonds. The van der Waals surface area contributed by atoms with Gasteiger partial charge in [-0.15, -0.1) is 0 Å². The molecule has 1 saturated carbocycles. The number of nitrogens with one attached hydrogen (secondary N) is 1. The molecule has 1 N–H and O–H groups in total. The third-order valence-corrected chi connectivity index (χ3v) is 3.61. The van der Waals surface area contributed by atoms with Crippen LogP contribution in [-0.2, 0) is 0 Å². The van der Waals surface area contributed by atoms with Gasteiger partial charge in [0.2, 0.25) is 0 Å². The lowest BCUT2D eigenvalue weighted by atomic mass is 9.72. The van der Waals surface area contributed by atoms with Gasteiger partial charge >= 0.3 is 0 Å². The summed E-state index contributed by atoms with van der Waals surface area (Å²) in [6.45, 7) is 4.98. The second-order valence-corrected chi connectivity index (χ2v) is 5.12. The Morgan fingerprint density at radius 2 is 1.83 bits per heavy atom. The standard InChI is InChI=1S/C11H21N/c1-11(8-12-9-11)7-10-5-3-2-4-6-10/h10,12H,2-9H2,1H3. The Bertz CT molecular complexity index is 143. The average Bonchev–Trinajstić information content (AvgIpc) is 2.04. The predicted molar refractivity (Wildman–Crippen MR) is 52.2 cm³/mol. The summed E-state index contributed by atoms with van der Waals surface area (Å²) in [5, 5.41) is 3.39. The quantitative estimate of drug-likeness (QED) is 0.666. The second-order valence-electron chi connectivity index (χ2n) is 5.12. The van der Waals surface area contributed by atoms with Crippen molar-refractivity contribution >= 4 is 0 Å². The molecule has 0 spiro atoms. The van der Waals surface area contributed by atoms with Crippen LogP contribution in [0.4, 0.5) is 0 Å². The molecule has 70 valence electrons. The molecule has 0 aromatic heterocycles. The lowest BCUT2D eigenvalue weighted by Gasteiger charge is -2.42. The van der Waals surface area contributed by atoms with E-state index in [0.717, 1.165) is 5.92 Å². The maximum absolute atomic E-state index is 3.39. The van der Waals surface area contributed by atoms with Crippen molar-refractivity contribution in [1.82, 2.24) is 5.32 Å². The number of hydrogen-bond donors (Lipinski definition) is 1. The fourth-order valence-electron chi connectivity index (χ4n) is 2.78. The molecule has 0 radical (unpaired) electrons. The fraction of sp³-hybridized carbons (Fsp3) is 1.00. The summed E-state index contributed by atoms with van der Waals surface area (Å²) in [6.07, 6.45) is 8.99. The minimum absolute atomic E-state index is 0.669. The van der Waals surface area contributed by atoms with Crippen molar-refractivity contribution in [1.29, 1.82) is 0 Å². The van der Waals surface area contributed by atoms with E-state index in [-0.39, 0.29) is 0 Å². The van der Waals surface area contributed by atoms with Gasteiger partial charge < -0.3 is 5.32 Å². The van der Waals surface area contributed by atoms with Gasteiger partial charge in [-0.25, -0.2) is 0 Å². The highest BCUT2D eigenvalue weighted by Gasteiger charge is 2.34. The normalized spacial score (nSPS) is 29.8. The zero-order valence-corrected chi connectivity index (χ0v) is 8.23. The number of hydrogen-bond acceptors (Lipinski definition) is 1. The largest absolute Gasteiger partial charge is 0.316 e. The van der Waals surface area contributed by atoms with Crippen LogP contribution in [-0.4, -0.2) is 13.1 Å². The molecule has 1 saturated heterocycles. The highest BCUT2D eigenvalue weighted by atomic mass is 15.0. The van der Waals surface area contributed by atoms with Crippen molar-refractivity contribution in [3.05, 3.63) is 0 Å². The zero-order chi connectivity index (χ0) is 8.44. The summed E-state index contributed by atoms with van der Waals surface area (Å²) < 4.78 is 0. The minimum atomic E-state index is 0.669. The molecule has 1 heterocycles. The van der Waals surface area contributed by atoms with E-state index in [1.165, 1.54) is 51.6 Å². The van der Waals surface area contributed by atoms with E-state index in [1.54, 1.807) is 0 Å². The van der Waals surface area contributed by atoms with E-state index in [1.807, 2.05) is 0 Å². The van der Waals surface area contributed by atoms with Crippen molar-refractivity contribution in [2.75, 3.05) is 13.1 Å². The van der Waals surface area contributed by atoms with E-state index < -0.39 is 0 Å². The summed E-state index contributed by atoms with van der Waals surface area (Å²) in [4.78, 5) is 0. The van der Waals surface area contributed by atoms with Gasteiger partial charge in [0.05, 0.1) is 0 Å². The van der Waals surface area contributed by atoms with Crippen molar-refractivity contribution in [2.45, 2.75) is 45.4 Å². The molecule has 1 nitrogen and oxygen atoms in total.